The largest absolute Gasteiger partial charge is 0.416 e. The minimum Gasteiger partial charge on any atom is -0.266 e. The second kappa shape index (κ2) is 8.21. The number of amides is 1. The molecule has 0 N–H and O–H groups in total. The van der Waals surface area contributed by atoms with Crippen molar-refractivity contribution in [2.24, 2.45) is 4.99 Å². The summed E-state index contributed by atoms with van der Waals surface area (Å²) < 4.78 is 39.7. The SMILES string of the molecule is O=C1C(=Cc2ccc(Cl)cc2Cl)N=C(c2ccccc2)N1c1cccc(C(F)(F)F)c1. The van der Waals surface area contributed by atoms with Crippen molar-refractivity contribution in [1.29, 1.82) is 0 Å². The maximum absolute atomic E-state index is 13.2. The van der Waals surface area contributed by atoms with Crippen LogP contribution in [0.2, 0.25) is 10.0 Å². The molecule has 0 saturated carbocycles. The van der Waals surface area contributed by atoms with E-state index in [1.165, 1.54) is 29.2 Å². The lowest BCUT2D eigenvalue weighted by Crippen LogP contribution is -2.32. The minimum absolute atomic E-state index is 0.0421. The molecule has 0 saturated heterocycles. The van der Waals surface area contributed by atoms with Gasteiger partial charge in [-0.05, 0) is 42.0 Å². The number of halogens is 5. The van der Waals surface area contributed by atoms with Gasteiger partial charge in [0.2, 0.25) is 0 Å². The van der Waals surface area contributed by atoms with Crippen LogP contribution in [-0.2, 0) is 11.0 Å². The van der Waals surface area contributed by atoms with Crippen LogP contribution in [-0.4, -0.2) is 11.7 Å². The predicted octanol–water partition coefficient (Wildman–Crippen LogP) is 6.85. The number of nitrogens with zero attached hydrogens (tertiary/aromatic N) is 2. The second-order valence-electron chi connectivity index (χ2n) is 6.69. The molecule has 0 radical (unpaired) electrons. The van der Waals surface area contributed by atoms with Crippen molar-refractivity contribution in [3.63, 3.8) is 0 Å². The topological polar surface area (TPSA) is 32.7 Å². The number of hydrogen-bond acceptors (Lipinski definition) is 2. The van der Waals surface area contributed by atoms with Crippen LogP contribution in [0.4, 0.5) is 18.9 Å². The Bertz CT molecular complexity index is 1220. The molecule has 3 aromatic carbocycles. The highest BCUT2D eigenvalue weighted by molar-refractivity contribution is 6.36. The fourth-order valence-corrected chi connectivity index (χ4v) is 3.59. The van der Waals surface area contributed by atoms with Gasteiger partial charge in [-0.25, -0.2) is 4.99 Å². The van der Waals surface area contributed by atoms with E-state index >= 15 is 0 Å². The first kappa shape index (κ1) is 21.2. The van der Waals surface area contributed by atoms with Crippen LogP contribution < -0.4 is 4.90 Å². The molecule has 3 aromatic rings. The number of carbonyl (C=O) groups is 1. The third-order valence-corrected chi connectivity index (χ3v) is 5.14. The van der Waals surface area contributed by atoms with Crippen LogP contribution in [0.1, 0.15) is 16.7 Å². The van der Waals surface area contributed by atoms with E-state index in [1.54, 1.807) is 42.5 Å². The number of hydrogen-bond donors (Lipinski definition) is 0. The standard InChI is InChI=1S/C23H13Cl2F3N2O/c24-17-10-9-15(19(25)13-17)11-20-22(31)30(21(29-20)14-5-2-1-3-6-14)18-8-4-7-16(12-18)23(26,27)28/h1-13H. The normalized spacial score (nSPS) is 15.5. The Labute approximate surface area is 186 Å². The van der Waals surface area contributed by atoms with Crippen LogP contribution >= 0.6 is 23.2 Å². The molecule has 0 spiro atoms. The maximum Gasteiger partial charge on any atom is 0.416 e. The van der Waals surface area contributed by atoms with E-state index in [-0.39, 0.29) is 17.2 Å². The highest BCUT2D eigenvalue weighted by atomic mass is 35.5. The first-order valence-electron chi connectivity index (χ1n) is 9.06. The van der Waals surface area contributed by atoms with E-state index in [9.17, 15) is 18.0 Å². The van der Waals surface area contributed by atoms with Crippen LogP contribution in [0.15, 0.2) is 83.5 Å². The summed E-state index contributed by atoms with van der Waals surface area (Å²) >= 11 is 12.1. The van der Waals surface area contributed by atoms with Crippen molar-refractivity contribution >= 4 is 46.7 Å². The van der Waals surface area contributed by atoms with E-state index in [1.807, 2.05) is 0 Å². The molecule has 1 aliphatic rings. The highest BCUT2D eigenvalue weighted by Crippen LogP contribution is 2.34. The lowest BCUT2D eigenvalue weighted by atomic mass is 10.1. The zero-order valence-corrected chi connectivity index (χ0v) is 17.2. The van der Waals surface area contributed by atoms with Gasteiger partial charge in [0.15, 0.2) is 0 Å². The monoisotopic (exact) mass is 460 g/mol. The maximum atomic E-state index is 13.2. The van der Waals surface area contributed by atoms with Gasteiger partial charge >= 0.3 is 6.18 Å². The van der Waals surface area contributed by atoms with Gasteiger partial charge in [-0.15, -0.1) is 0 Å². The molecule has 4 rings (SSSR count). The van der Waals surface area contributed by atoms with Crippen molar-refractivity contribution < 1.29 is 18.0 Å². The number of amidine groups is 1. The van der Waals surface area contributed by atoms with E-state index < -0.39 is 17.6 Å². The number of rotatable bonds is 3. The third-order valence-electron chi connectivity index (χ3n) is 4.58. The van der Waals surface area contributed by atoms with Gasteiger partial charge in [0.05, 0.1) is 11.3 Å². The molecule has 0 unspecified atom stereocenters. The van der Waals surface area contributed by atoms with Crippen LogP contribution in [0.5, 0.6) is 0 Å². The first-order chi connectivity index (χ1) is 14.7. The van der Waals surface area contributed by atoms with Crippen molar-refractivity contribution in [1.82, 2.24) is 0 Å². The fraction of sp³-hybridized carbons (Fsp3) is 0.0435. The molecule has 31 heavy (non-hydrogen) atoms. The van der Waals surface area contributed by atoms with Gasteiger partial charge in [-0.3, -0.25) is 9.69 Å². The number of alkyl halides is 3. The number of carbonyl (C=O) groups excluding carboxylic acids is 1. The summed E-state index contributed by atoms with van der Waals surface area (Å²) in [5, 5.41) is 0.755. The Kier molecular flexibility index (Phi) is 5.60. The summed E-state index contributed by atoms with van der Waals surface area (Å²) in [7, 11) is 0. The number of anilines is 1. The molecule has 1 heterocycles. The van der Waals surface area contributed by atoms with Crippen LogP contribution in [0.3, 0.4) is 0 Å². The molecular formula is C23H13Cl2F3N2O. The molecule has 3 nitrogen and oxygen atoms in total. The average molecular weight is 461 g/mol. The van der Waals surface area contributed by atoms with E-state index in [0.29, 0.717) is 21.2 Å². The van der Waals surface area contributed by atoms with Crippen LogP contribution in [0, 0.1) is 0 Å². The second-order valence-corrected chi connectivity index (χ2v) is 7.53. The quantitative estimate of drug-likeness (QED) is 0.393. The van der Waals surface area contributed by atoms with Crippen molar-refractivity contribution in [3.8, 4) is 0 Å². The number of benzene rings is 3. The Morgan fingerprint density at radius 1 is 0.903 bits per heavy atom. The zero-order valence-electron chi connectivity index (χ0n) is 15.7. The summed E-state index contributed by atoms with van der Waals surface area (Å²) in [6, 6.07) is 18.1. The summed E-state index contributed by atoms with van der Waals surface area (Å²) in [5.74, 6) is -0.342. The average Bonchev–Trinajstić information content (AvgIpc) is 3.06. The van der Waals surface area contributed by atoms with E-state index in [2.05, 4.69) is 4.99 Å². The summed E-state index contributed by atoms with van der Waals surface area (Å²) in [6.45, 7) is 0. The lowest BCUT2D eigenvalue weighted by molar-refractivity contribution is -0.137. The van der Waals surface area contributed by atoms with Crippen molar-refractivity contribution in [2.45, 2.75) is 6.18 Å². The first-order valence-corrected chi connectivity index (χ1v) is 9.82. The van der Waals surface area contributed by atoms with E-state index in [0.717, 1.165) is 12.1 Å². The molecule has 0 bridgehead atoms. The van der Waals surface area contributed by atoms with Crippen molar-refractivity contribution in [3.05, 3.63) is 105 Å². The Morgan fingerprint density at radius 2 is 1.65 bits per heavy atom. The molecule has 0 fully saturated rings. The smallest absolute Gasteiger partial charge is 0.266 e. The molecule has 156 valence electrons. The van der Waals surface area contributed by atoms with Crippen LogP contribution in [0.25, 0.3) is 6.08 Å². The Hall–Kier alpha value is -3.09. The zero-order chi connectivity index (χ0) is 22.2. The van der Waals surface area contributed by atoms with Gasteiger partial charge < -0.3 is 0 Å². The predicted molar refractivity (Wildman–Crippen MR) is 116 cm³/mol. The summed E-state index contributed by atoms with van der Waals surface area (Å²) in [4.78, 5) is 18.8. The lowest BCUT2D eigenvalue weighted by Gasteiger charge is -2.20. The van der Waals surface area contributed by atoms with Gasteiger partial charge in [0.25, 0.3) is 5.91 Å². The number of aliphatic imine (C=N–C) groups is 1. The molecule has 0 aromatic heterocycles. The molecule has 8 heteroatoms. The Morgan fingerprint density at radius 3 is 2.32 bits per heavy atom. The molecule has 0 atom stereocenters. The minimum atomic E-state index is -4.54. The van der Waals surface area contributed by atoms with Crippen molar-refractivity contribution in [2.75, 3.05) is 4.90 Å². The van der Waals surface area contributed by atoms with Gasteiger partial charge in [-0.2, -0.15) is 13.2 Å². The molecular weight excluding hydrogens is 448 g/mol. The van der Waals surface area contributed by atoms with Gasteiger partial charge in [-0.1, -0.05) is 65.7 Å². The van der Waals surface area contributed by atoms with Gasteiger partial charge in [0.1, 0.15) is 11.5 Å². The molecule has 0 aliphatic carbocycles. The molecule has 1 aliphatic heterocycles. The fourth-order valence-electron chi connectivity index (χ4n) is 3.12. The Balaban J connectivity index is 1.84. The summed E-state index contributed by atoms with van der Waals surface area (Å²) in [6.07, 6.45) is -3.06. The molecule has 1 amide bonds. The third kappa shape index (κ3) is 4.36. The van der Waals surface area contributed by atoms with E-state index in [4.69, 9.17) is 23.2 Å². The highest BCUT2D eigenvalue weighted by Gasteiger charge is 2.35. The van der Waals surface area contributed by atoms with Gasteiger partial charge in [0, 0.05) is 15.6 Å². The summed E-state index contributed by atoms with van der Waals surface area (Å²) in [5.41, 5.74) is 0.340.